The summed E-state index contributed by atoms with van der Waals surface area (Å²) in [7, 11) is 1.87. The fraction of sp³-hybridized carbons (Fsp3) is 0.133. The van der Waals surface area contributed by atoms with Crippen LogP contribution in [-0.4, -0.2) is 27.7 Å². The van der Waals surface area contributed by atoms with Gasteiger partial charge in [-0.3, -0.25) is 4.79 Å². The Balaban J connectivity index is 2.18. The molecule has 0 unspecified atom stereocenters. The molecule has 0 fully saturated rings. The summed E-state index contributed by atoms with van der Waals surface area (Å²) in [4.78, 5) is 15.8. The molecule has 0 aliphatic heterocycles. The number of carbonyl (C=O) groups is 1. The van der Waals surface area contributed by atoms with Gasteiger partial charge in [0.25, 0.3) is 5.91 Å². The second kappa shape index (κ2) is 5.34. The van der Waals surface area contributed by atoms with Gasteiger partial charge in [-0.05, 0) is 19.2 Å². The van der Waals surface area contributed by atoms with Crippen LogP contribution in [0.1, 0.15) is 15.9 Å². The zero-order valence-corrected chi connectivity index (χ0v) is 11.6. The summed E-state index contributed by atoms with van der Waals surface area (Å²) >= 11 is 0. The van der Waals surface area contributed by atoms with Crippen molar-refractivity contribution in [3.8, 4) is 5.82 Å². The van der Waals surface area contributed by atoms with E-state index in [-0.39, 0.29) is 0 Å². The van der Waals surface area contributed by atoms with Crippen molar-refractivity contribution in [1.29, 1.82) is 0 Å². The number of aromatic nitrogens is 3. The molecular formula is C15H15N5O. The van der Waals surface area contributed by atoms with Crippen molar-refractivity contribution in [3.05, 3.63) is 53.9 Å². The first kappa shape index (κ1) is 13.3. The van der Waals surface area contributed by atoms with Crippen LogP contribution >= 0.6 is 0 Å². The van der Waals surface area contributed by atoms with Crippen LogP contribution in [0.4, 0.5) is 0 Å². The number of rotatable bonds is 4. The van der Waals surface area contributed by atoms with E-state index >= 15 is 0 Å². The molecule has 6 heteroatoms. The third kappa shape index (κ3) is 2.48. The number of pyridine rings is 1. The summed E-state index contributed by atoms with van der Waals surface area (Å²) in [6.07, 6.45) is 3.04. The van der Waals surface area contributed by atoms with Crippen LogP contribution < -0.4 is 11.1 Å². The first-order valence-corrected chi connectivity index (χ1v) is 6.57. The number of hydrogen-bond acceptors (Lipinski definition) is 4. The average molecular weight is 281 g/mol. The van der Waals surface area contributed by atoms with Gasteiger partial charge in [0.15, 0.2) is 5.82 Å². The minimum Gasteiger partial charge on any atom is -0.366 e. The van der Waals surface area contributed by atoms with E-state index in [1.165, 1.54) is 6.20 Å². The number of para-hydroxylation sites is 1. The van der Waals surface area contributed by atoms with Gasteiger partial charge in [0.05, 0.1) is 17.3 Å². The molecular weight excluding hydrogens is 266 g/mol. The number of fused-ring (bicyclic) bond motifs is 1. The molecule has 6 nitrogen and oxygen atoms in total. The maximum atomic E-state index is 11.2. The highest BCUT2D eigenvalue weighted by molar-refractivity contribution is 5.92. The smallest absolute Gasteiger partial charge is 0.251 e. The van der Waals surface area contributed by atoms with Crippen LogP contribution in [0.5, 0.6) is 0 Å². The molecule has 0 bridgehead atoms. The molecule has 0 saturated heterocycles. The normalized spacial score (nSPS) is 10.9. The number of amides is 1. The fourth-order valence-corrected chi connectivity index (χ4v) is 2.23. The average Bonchev–Trinajstić information content (AvgIpc) is 2.97. The molecule has 0 atom stereocenters. The number of hydrogen-bond donors (Lipinski definition) is 2. The van der Waals surface area contributed by atoms with Crippen molar-refractivity contribution >= 4 is 16.8 Å². The van der Waals surface area contributed by atoms with Gasteiger partial charge in [-0.15, -0.1) is 0 Å². The molecule has 0 aliphatic carbocycles. The van der Waals surface area contributed by atoms with Gasteiger partial charge < -0.3 is 11.1 Å². The van der Waals surface area contributed by atoms with Crippen molar-refractivity contribution in [2.24, 2.45) is 5.73 Å². The van der Waals surface area contributed by atoms with Crippen molar-refractivity contribution in [2.75, 3.05) is 7.05 Å². The molecule has 0 radical (unpaired) electrons. The van der Waals surface area contributed by atoms with Gasteiger partial charge in [0, 0.05) is 23.7 Å². The molecule has 3 N–H and O–H groups in total. The zero-order chi connectivity index (χ0) is 14.8. The van der Waals surface area contributed by atoms with Crippen molar-refractivity contribution < 1.29 is 4.79 Å². The van der Waals surface area contributed by atoms with Crippen LogP contribution in [-0.2, 0) is 6.54 Å². The molecule has 3 rings (SSSR count). The van der Waals surface area contributed by atoms with Crippen LogP contribution in [0.3, 0.4) is 0 Å². The van der Waals surface area contributed by atoms with Gasteiger partial charge in [0.2, 0.25) is 0 Å². The van der Waals surface area contributed by atoms with Crippen molar-refractivity contribution in [3.63, 3.8) is 0 Å². The number of carbonyl (C=O) groups excluding carboxylic acids is 1. The topological polar surface area (TPSA) is 85.8 Å². The predicted octanol–water partition coefficient (Wildman–Crippen LogP) is 1.24. The summed E-state index contributed by atoms with van der Waals surface area (Å²) in [6, 6.07) is 9.95. The maximum absolute atomic E-state index is 11.2. The summed E-state index contributed by atoms with van der Waals surface area (Å²) in [5.74, 6) is 0.188. The summed E-state index contributed by atoms with van der Waals surface area (Å²) in [6.45, 7) is 0.652. The summed E-state index contributed by atoms with van der Waals surface area (Å²) in [5, 5.41) is 8.36. The van der Waals surface area contributed by atoms with Crippen LogP contribution in [0.2, 0.25) is 0 Å². The maximum Gasteiger partial charge on any atom is 0.251 e. The van der Waals surface area contributed by atoms with Crippen molar-refractivity contribution in [2.45, 2.75) is 6.54 Å². The van der Waals surface area contributed by atoms with E-state index in [1.807, 2.05) is 31.3 Å². The second-order valence-corrected chi connectivity index (χ2v) is 4.73. The minimum absolute atomic E-state index is 0.361. The van der Waals surface area contributed by atoms with E-state index in [4.69, 9.17) is 5.73 Å². The lowest BCUT2D eigenvalue weighted by Gasteiger charge is -2.10. The zero-order valence-electron chi connectivity index (χ0n) is 11.6. The van der Waals surface area contributed by atoms with Crippen LogP contribution in [0.25, 0.3) is 16.7 Å². The van der Waals surface area contributed by atoms with Gasteiger partial charge in [-0.25, -0.2) is 9.67 Å². The second-order valence-electron chi connectivity index (χ2n) is 4.73. The van der Waals surface area contributed by atoms with Gasteiger partial charge in [-0.1, -0.05) is 18.2 Å². The predicted molar refractivity (Wildman–Crippen MR) is 80.1 cm³/mol. The lowest BCUT2D eigenvalue weighted by molar-refractivity contribution is 0.100. The van der Waals surface area contributed by atoms with Crippen molar-refractivity contribution in [1.82, 2.24) is 20.1 Å². The highest BCUT2D eigenvalue weighted by atomic mass is 16.1. The highest BCUT2D eigenvalue weighted by Crippen LogP contribution is 2.19. The first-order chi connectivity index (χ1) is 10.2. The van der Waals surface area contributed by atoms with E-state index in [9.17, 15) is 4.79 Å². The molecule has 1 amide bonds. The van der Waals surface area contributed by atoms with E-state index in [0.29, 0.717) is 17.9 Å². The Kier molecular flexibility index (Phi) is 3.37. The lowest BCUT2D eigenvalue weighted by Crippen LogP contribution is -2.12. The fourth-order valence-electron chi connectivity index (χ4n) is 2.23. The lowest BCUT2D eigenvalue weighted by atomic mass is 10.1. The molecule has 0 aliphatic rings. The number of benzene rings is 1. The highest BCUT2D eigenvalue weighted by Gasteiger charge is 2.11. The summed E-state index contributed by atoms with van der Waals surface area (Å²) < 4.78 is 1.58. The standard InChI is InChI=1S/C15H15N5O/c1-17-7-11-6-10-4-2-3-5-13(10)19-15(11)20-9-12(8-18-20)14(16)21/h2-6,8-9,17H,7H2,1H3,(H2,16,21). The molecule has 2 heterocycles. The number of nitrogens with two attached hydrogens (primary N) is 1. The molecule has 0 spiro atoms. The quantitative estimate of drug-likeness (QED) is 0.753. The van der Waals surface area contributed by atoms with Gasteiger partial charge in [-0.2, -0.15) is 5.10 Å². The van der Waals surface area contributed by atoms with E-state index < -0.39 is 5.91 Å². The van der Waals surface area contributed by atoms with E-state index in [0.717, 1.165) is 16.5 Å². The Bertz CT molecular complexity index is 809. The molecule has 1 aromatic carbocycles. The third-order valence-electron chi connectivity index (χ3n) is 3.23. The van der Waals surface area contributed by atoms with E-state index in [2.05, 4.69) is 21.5 Å². The SMILES string of the molecule is CNCc1cc2ccccc2nc1-n1cc(C(N)=O)cn1. The van der Waals surface area contributed by atoms with Gasteiger partial charge in [0.1, 0.15) is 0 Å². The number of nitrogens with zero attached hydrogens (tertiary/aromatic N) is 3. The number of primary amides is 1. The van der Waals surface area contributed by atoms with Crippen LogP contribution in [0.15, 0.2) is 42.7 Å². The molecule has 3 aromatic rings. The summed E-state index contributed by atoms with van der Waals surface area (Å²) in [5.41, 5.74) is 7.50. The Morgan fingerprint density at radius 1 is 1.38 bits per heavy atom. The molecule has 2 aromatic heterocycles. The van der Waals surface area contributed by atoms with Gasteiger partial charge >= 0.3 is 0 Å². The first-order valence-electron chi connectivity index (χ1n) is 6.57. The molecule has 106 valence electrons. The van der Waals surface area contributed by atoms with E-state index in [1.54, 1.807) is 10.9 Å². The Labute approximate surface area is 121 Å². The third-order valence-corrected chi connectivity index (χ3v) is 3.23. The Hall–Kier alpha value is -2.73. The van der Waals surface area contributed by atoms with Crippen LogP contribution in [0, 0.1) is 0 Å². The molecule has 21 heavy (non-hydrogen) atoms. The minimum atomic E-state index is -0.503. The Morgan fingerprint density at radius 2 is 2.19 bits per heavy atom. The molecule has 0 saturated carbocycles. The largest absolute Gasteiger partial charge is 0.366 e. The Morgan fingerprint density at radius 3 is 2.90 bits per heavy atom. The number of nitrogens with one attached hydrogen (secondary N) is 1. The monoisotopic (exact) mass is 281 g/mol.